The van der Waals surface area contributed by atoms with Crippen LogP contribution < -0.4 is 97.3 Å². The van der Waals surface area contributed by atoms with E-state index in [1.807, 2.05) is 133 Å². The lowest BCUT2D eigenvalue weighted by atomic mass is 9.70. The third-order valence-electron chi connectivity index (χ3n) is 17.8. The van der Waals surface area contributed by atoms with E-state index in [1.54, 1.807) is 12.1 Å². The summed E-state index contributed by atoms with van der Waals surface area (Å²) in [6.45, 7) is 4.29. The average molecular weight is 1420 g/mol. The largest absolute Gasteiger partial charge is 0.495 e. The maximum Gasteiger partial charge on any atom is 0.495 e. The summed E-state index contributed by atoms with van der Waals surface area (Å²) in [6, 6.07) is 46.0. The zero-order chi connectivity index (χ0) is 72.1. The molecule has 546 valence electrons. The summed E-state index contributed by atoms with van der Waals surface area (Å²) >= 11 is 0. The van der Waals surface area contributed by atoms with Gasteiger partial charge in [-0.2, -0.15) is 0 Å². The minimum Gasteiger partial charge on any atom is -0.494 e. The highest BCUT2D eigenvalue weighted by molar-refractivity contribution is 6.77. The van der Waals surface area contributed by atoms with E-state index in [0.717, 1.165) is 66.3 Å². The Morgan fingerprint density at radius 2 is 0.524 bits per heavy atom. The number of aliphatic hydroxyl groups excluding tert-OH is 4. The second-order valence-corrected chi connectivity index (χ2v) is 24.3. The van der Waals surface area contributed by atoms with Crippen LogP contribution in [0.1, 0.15) is 115 Å². The van der Waals surface area contributed by atoms with Gasteiger partial charge in [-0.1, -0.05) is 129 Å². The van der Waals surface area contributed by atoms with E-state index in [0.29, 0.717) is 119 Å². The zero-order valence-electron chi connectivity index (χ0n) is 56.9. The van der Waals surface area contributed by atoms with Gasteiger partial charge in [-0.25, -0.2) is 0 Å². The van der Waals surface area contributed by atoms with Crippen molar-refractivity contribution in [1.82, 2.24) is 0 Å². The summed E-state index contributed by atoms with van der Waals surface area (Å²) in [5, 5.41) is 64.6. The number of benzene rings is 7. The predicted molar refractivity (Wildman–Crippen MR) is 397 cm³/mol. The van der Waals surface area contributed by atoms with Crippen molar-refractivity contribution in [3.8, 4) is 23.0 Å². The Balaban J connectivity index is 0.000000155. The van der Waals surface area contributed by atoms with Crippen LogP contribution in [0.2, 0.25) is 0 Å². The highest BCUT2D eigenvalue weighted by Gasteiger charge is 2.49. The number of aliphatic hydroxyl groups is 4. The van der Waals surface area contributed by atoms with Crippen LogP contribution in [0, 0.1) is 0 Å². The van der Waals surface area contributed by atoms with E-state index >= 15 is 0 Å². The Labute approximate surface area is 603 Å². The van der Waals surface area contributed by atoms with Gasteiger partial charge in [0.2, 0.25) is 0 Å². The molecule has 7 unspecified atom stereocenters. The lowest BCUT2D eigenvalue weighted by Crippen LogP contribution is -2.45. The Hall–Kier alpha value is -6.73. The fourth-order valence-electron chi connectivity index (χ4n) is 12.9. The van der Waals surface area contributed by atoms with Crippen molar-refractivity contribution in [2.24, 2.45) is 40.1 Å². The Morgan fingerprint density at radius 1 is 0.282 bits per heavy atom. The Kier molecular flexibility index (Phi) is 31.3. The first-order valence-electron chi connectivity index (χ1n) is 34.5. The second kappa shape index (κ2) is 40.1. The van der Waals surface area contributed by atoms with Gasteiger partial charge in [0, 0.05) is 120 Å². The quantitative estimate of drug-likeness (QED) is 0.0189. The molecule has 0 aromatic heterocycles. The molecule has 34 heteroatoms. The first-order valence-corrected chi connectivity index (χ1v) is 34.5. The molecule has 0 saturated carbocycles. The topological polar surface area (TPSA) is 444 Å². The van der Waals surface area contributed by atoms with Crippen LogP contribution in [0.5, 0.6) is 23.0 Å². The highest BCUT2D eigenvalue weighted by atomic mass is 16.7. The minimum atomic E-state index is -0.983. The van der Waals surface area contributed by atoms with E-state index in [1.165, 1.54) is 0 Å². The normalized spacial score (nSPS) is 19.6. The van der Waals surface area contributed by atoms with Crippen LogP contribution in [0.4, 0.5) is 0 Å². The lowest BCUT2D eigenvalue weighted by molar-refractivity contribution is 0.168. The summed E-state index contributed by atoms with van der Waals surface area (Å²) in [4.78, 5) is 0. The SMILES string of the molecule is C.NCC1OB(O)c2c(OCCCO)cccc21.NCC1OB(O)c2c(OCCCO)cccc21.NCC1OB(O)c2ccccc21.NCC1OB(OB2OC(CN)c3cccc(OCCCO)c32)c2c(OCCCO)cccc21.NCC1OB(OB2OC(CN)c3ccccc32)c2ccccc21. The molecule has 0 fully saturated rings. The third kappa shape index (κ3) is 19.1. The summed E-state index contributed by atoms with van der Waals surface area (Å²) in [6.07, 6.45) is 0.490. The molecule has 7 aliphatic rings. The number of fused-ring (bicyclic) bond motifs is 7. The average Bonchev–Trinajstić information content (AvgIpc) is 1.62. The molecule has 21 N–H and O–H groups in total. The van der Waals surface area contributed by atoms with Crippen molar-refractivity contribution in [2.45, 2.75) is 75.8 Å². The summed E-state index contributed by atoms with van der Waals surface area (Å²) < 4.78 is 75.4. The van der Waals surface area contributed by atoms with Gasteiger partial charge in [0.05, 0.1) is 69.2 Å². The molecule has 7 atom stereocenters. The molecule has 0 bridgehead atoms. The number of nitrogens with two attached hydrogens (primary N) is 7. The molecule has 103 heavy (non-hydrogen) atoms. The molecular weight excluding hydrogens is 1320 g/mol. The van der Waals surface area contributed by atoms with E-state index in [9.17, 15) is 15.1 Å². The highest BCUT2D eigenvalue weighted by Crippen LogP contribution is 2.35. The zero-order valence-corrected chi connectivity index (χ0v) is 56.9. The molecule has 7 aromatic carbocycles. The molecule has 0 radical (unpaired) electrons. The molecule has 14 rings (SSSR count). The number of rotatable bonds is 27. The lowest BCUT2D eigenvalue weighted by Gasteiger charge is -2.18. The van der Waals surface area contributed by atoms with Gasteiger partial charge in [0.15, 0.2) is 0 Å². The van der Waals surface area contributed by atoms with Gasteiger partial charge in [-0.3, -0.25) is 0 Å². The fourth-order valence-corrected chi connectivity index (χ4v) is 12.9. The summed E-state index contributed by atoms with van der Waals surface area (Å²) in [7, 11) is -5.25. The van der Waals surface area contributed by atoms with Gasteiger partial charge in [-0.05, 0) is 79.6 Å². The van der Waals surface area contributed by atoms with Crippen molar-refractivity contribution >= 4 is 88.1 Å². The van der Waals surface area contributed by atoms with Gasteiger partial charge >= 0.3 is 49.8 Å². The Bertz CT molecular complexity index is 3580. The van der Waals surface area contributed by atoms with Crippen molar-refractivity contribution in [3.05, 3.63) is 185 Å². The minimum absolute atomic E-state index is 0. The molecular formula is C69H94B7N7O20. The van der Waals surface area contributed by atoms with Crippen LogP contribution in [-0.4, -0.2) is 184 Å². The van der Waals surface area contributed by atoms with Crippen molar-refractivity contribution < 1.29 is 96.2 Å². The molecule has 7 aromatic rings. The Morgan fingerprint density at radius 3 is 0.864 bits per heavy atom. The maximum atomic E-state index is 9.81. The third-order valence-corrected chi connectivity index (χ3v) is 17.8. The smallest absolute Gasteiger partial charge is 0.494 e. The summed E-state index contributed by atoms with van der Waals surface area (Å²) in [5.74, 6) is 2.45. The van der Waals surface area contributed by atoms with E-state index in [2.05, 4.69) is 0 Å². The van der Waals surface area contributed by atoms with Gasteiger partial charge in [0.25, 0.3) is 0 Å². The van der Waals surface area contributed by atoms with Crippen LogP contribution in [0.15, 0.2) is 146 Å². The molecule has 0 spiro atoms. The molecule has 7 aliphatic heterocycles. The van der Waals surface area contributed by atoms with Gasteiger partial charge < -0.3 is 136 Å². The van der Waals surface area contributed by atoms with Crippen LogP contribution in [-0.2, 0) is 41.7 Å². The molecule has 0 aliphatic carbocycles. The number of hydrogen-bond donors (Lipinski definition) is 14. The monoisotopic (exact) mass is 1420 g/mol. The van der Waals surface area contributed by atoms with Crippen LogP contribution >= 0.6 is 0 Å². The maximum absolute atomic E-state index is 9.81. The van der Waals surface area contributed by atoms with Gasteiger partial charge in [-0.15, -0.1) is 0 Å². The van der Waals surface area contributed by atoms with E-state index in [4.69, 9.17) is 121 Å². The molecule has 7 heterocycles. The first kappa shape index (κ1) is 80.4. The molecule has 27 nitrogen and oxygen atoms in total. The standard InChI is InChI=1S/C22H30B2N2O7.C16H18B2N2O3.2C11H16BNO4.C8H10BNO2.CH4/c25-13-19-15-5-1-7-17(29-11-3-9-27)21(15)23(31-19)33-24-22-16(20(14-26)32-24)6-2-8-18(22)30-12-4-10-28;19-9-15-11-5-1-3-7-13(11)17(21-15)23-18-14-8-4-2-6-12(14)16(10-20)22-18;2*13-7-10-8-3-1-4-9(16-6-2-5-14)11(8)12(15)17-10;10-5-8-6-3-1-2-4-7(6)9(11)12-8;/h1-2,5-8,19-20,27-28H,3-4,9-14,25-26H2;1-8,15-16H,9-10,19-20H2;2*1,3-4,10,14-15H,2,5-7,13H2;1-4,8,11H,5,10H2;1H4. The number of ether oxygens (including phenoxy) is 4. The predicted octanol–water partition coefficient (Wildman–Crippen LogP) is -2.40. The van der Waals surface area contributed by atoms with Crippen molar-refractivity contribution in [1.29, 1.82) is 0 Å². The van der Waals surface area contributed by atoms with E-state index in [-0.39, 0.29) is 89.7 Å². The van der Waals surface area contributed by atoms with Crippen LogP contribution in [0.3, 0.4) is 0 Å². The van der Waals surface area contributed by atoms with Crippen LogP contribution in [0.25, 0.3) is 0 Å². The first-order chi connectivity index (χ1) is 49.9. The number of hydrogen-bond acceptors (Lipinski definition) is 27. The van der Waals surface area contributed by atoms with Gasteiger partial charge in [0.1, 0.15) is 23.0 Å². The molecule has 0 amide bonds. The van der Waals surface area contributed by atoms with E-state index < -0.39 is 49.8 Å². The molecule has 0 saturated heterocycles. The summed E-state index contributed by atoms with van der Waals surface area (Å²) in [5.41, 5.74) is 52.6. The fraction of sp³-hybridized carbons (Fsp3) is 0.391. The van der Waals surface area contributed by atoms with Crippen molar-refractivity contribution in [2.75, 3.05) is 98.7 Å². The van der Waals surface area contributed by atoms with Crippen molar-refractivity contribution in [3.63, 3.8) is 0 Å². The second-order valence-electron chi connectivity index (χ2n) is 24.3.